The van der Waals surface area contributed by atoms with Crippen LogP contribution in [0.25, 0.3) is 0 Å². The summed E-state index contributed by atoms with van der Waals surface area (Å²) >= 11 is 0. The van der Waals surface area contributed by atoms with E-state index in [0.717, 1.165) is 13.0 Å². The Balaban J connectivity index is 3.67. The van der Waals surface area contributed by atoms with E-state index in [9.17, 15) is 0 Å². The molecule has 11 heavy (non-hydrogen) atoms. The van der Waals surface area contributed by atoms with Crippen molar-refractivity contribution >= 4 is 6.72 Å². The lowest BCUT2D eigenvalue weighted by Crippen LogP contribution is -2.06. The van der Waals surface area contributed by atoms with Crippen LogP contribution in [0, 0.1) is 5.92 Å². The molecule has 0 aliphatic carbocycles. The van der Waals surface area contributed by atoms with Crippen LogP contribution < -0.4 is 5.73 Å². The van der Waals surface area contributed by atoms with Crippen LogP contribution in [0.15, 0.2) is 17.3 Å². The Labute approximate surface area is 69.2 Å². The Morgan fingerprint density at radius 1 is 1.55 bits per heavy atom. The average molecular weight is 154 g/mol. The molecule has 2 nitrogen and oxygen atoms in total. The first kappa shape index (κ1) is 10.4. The van der Waals surface area contributed by atoms with E-state index in [1.54, 1.807) is 6.20 Å². The Morgan fingerprint density at radius 2 is 2.27 bits per heavy atom. The lowest BCUT2D eigenvalue weighted by molar-refractivity contribution is 0.543. The van der Waals surface area contributed by atoms with Gasteiger partial charge in [0.2, 0.25) is 0 Å². The van der Waals surface area contributed by atoms with Crippen LogP contribution in [0.1, 0.15) is 26.2 Å². The first-order valence-corrected chi connectivity index (χ1v) is 4.17. The maximum atomic E-state index is 5.45. The van der Waals surface area contributed by atoms with E-state index in [0.29, 0.717) is 5.92 Å². The lowest BCUT2D eigenvalue weighted by Gasteiger charge is -2.07. The fraction of sp³-hybridized carbons (Fsp3) is 0.667. The second-order valence-electron chi connectivity index (χ2n) is 2.65. The minimum absolute atomic E-state index is 0.593. The molecule has 0 aliphatic rings. The van der Waals surface area contributed by atoms with Gasteiger partial charge >= 0.3 is 0 Å². The van der Waals surface area contributed by atoms with Gasteiger partial charge < -0.3 is 5.73 Å². The molecule has 1 unspecified atom stereocenters. The Hall–Kier alpha value is -0.630. The molecule has 0 saturated heterocycles. The molecule has 0 aromatic heterocycles. The fourth-order valence-corrected chi connectivity index (χ4v) is 1.10. The zero-order valence-electron chi connectivity index (χ0n) is 7.29. The molecule has 0 radical (unpaired) electrons. The van der Waals surface area contributed by atoms with Gasteiger partial charge in [-0.05, 0) is 32.0 Å². The maximum absolute atomic E-state index is 5.45. The van der Waals surface area contributed by atoms with E-state index in [2.05, 4.69) is 24.7 Å². The Kier molecular flexibility index (Phi) is 7.05. The fourth-order valence-electron chi connectivity index (χ4n) is 1.10. The molecule has 2 N–H and O–H groups in total. The molecule has 0 heterocycles. The van der Waals surface area contributed by atoms with Crippen molar-refractivity contribution in [3.05, 3.63) is 12.3 Å². The molecular formula is C9H18N2. The standard InChI is InChI=1S/C9H18N2/c1-3-4-9(5-7-10)6-8-11-2/h6,8-9H,2-5,7,10H2,1H3/b8-6-. The normalized spacial score (nSPS) is 13.6. The third-order valence-corrected chi connectivity index (χ3v) is 1.66. The van der Waals surface area contributed by atoms with Gasteiger partial charge in [-0.15, -0.1) is 0 Å². The van der Waals surface area contributed by atoms with Crippen LogP contribution in [0.2, 0.25) is 0 Å². The highest BCUT2D eigenvalue weighted by Gasteiger charge is 2.00. The summed E-state index contributed by atoms with van der Waals surface area (Å²) in [6, 6.07) is 0. The number of aliphatic imine (C=N–C) groups is 1. The maximum Gasteiger partial charge on any atom is 0.0223 e. The van der Waals surface area contributed by atoms with Crippen molar-refractivity contribution in [3.63, 3.8) is 0 Å². The minimum atomic E-state index is 0.593. The number of nitrogens with two attached hydrogens (primary N) is 1. The van der Waals surface area contributed by atoms with Crippen LogP contribution >= 0.6 is 0 Å². The van der Waals surface area contributed by atoms with Crippen molar-refractivity contribution in [1.29, 1.82) is 0 Å². The minimum Gasteiger partial charge on any atom is -0.330 e. The summed E-state index contributed by atoms with van der Waals surface area (Å²) in [6.07, 6.45) is 7.30. The molecule has 0 fully saturated rings. The predicted molar refractivity (Wildman–Crippen MR) is 50.8 cm³/mol. The van der Waals surface area contributed by atoms with Crippen molar-refractivity contribution in [2.45, 2.75) is 26.2 Å². The zero-order chi connectivity index (χ0) is 8.53. The van der Waals surface area contributed by atoms with Crippen molar-refractivity contribution in [3.8, 4) is 0 Å². The molecule has 0 spiro atoms. The third kappa shape index (κ3) is 5.80. The molecule has 0 bridgehead atoms. The summed E-state index contributed by atoms with van der Waals surface area (Å²) in [6.45, 7) is 6.32. The summed E-state index contributed by atoms with van der Waals surface area (Å²) in [5.41, 5.74) is 5.45. The predicted octanol–water partition coefficient (Wildman–Crippen LogP) is 1.97. The number of nitrogens with zero attached hydrogens (tertiary/aromatic N) is 1. The van der Waals surface area contributed by atoms with Crippen molar-refractivity contribution in [1.82, 2.24) is 0 Å². The van der Waals surface area contributed by atoms with E-state index in [1.165, 1.54) is 12.8 Å². The first-order chi connectivity index (χ1) is 5.35. The highest BCUT2D eigenvalue weighted by Crippen LogP contribution is 2.11. The summed E-state index contributed by atoms with van der Waals surface area (Å²) in [7, 11) is 0. The van der Waals surface area contributed by atoms with Gasteiger partial charge in [-0.25, -0.2) is 0 Å². The molecule has 2 heteroatoms. The second kappa shape index (κ2) is 7.48. The van der Waals surface area contributed by atoms with Gasteiger partial charge in [-0.1, -0.05) is 19.4 Å². The monoisotopic (exact) mass is 154 g/mol. The van der Waals surface area contributed by atoms with Crippen LogP contribution in [-0.4, -0.2) is 13.3 Å². The largest absolute Gasteiger partial charge is 0.330 e. The topological polar surface area (TPSA) is 38.4 Å². The summed E-state index contributed by atoms with van der Waals surface area (Å²) in [5, 5.41) is 0. The average Bonchev–Trinajstić information content (AvgIpc) is 2.01. The summed E-state index contributed by atoms with van der Waals surface area (Å²) < 4.78 is 0. The smallest absolute Gasteiger partial charge is 0.0223 e. The highest BCUT2D eigenvalue weighted by molar-refractivity contribution is 5.25. The van der Waals surface area contributed by atoms with Crippen molar-refractivity contribution in [2.75, 3.05) is 6.54 Å². The Morgan fingerprint density at radius 3 is 2.73 bits per heavy atom. The van der Waals surface area contributed by atoms with E-state index >= 15 is 0 Å². The van der Waals surface area contributed by atoms with Gasteiger partial charge in [-0.2, -0.15) is 0 Å². The molecule has 0 saturated carbocycles. The van der Waals surface area contributed by atoms with E-state index in [-0.39, 0.29) is 0 Å². The van der Waals surface area contributed by atoms with Gasteiger partial charge in [0, 0.05) is 6.20 Å². The van der Waals surface area contributed by atoms with Gasteiger partial charge in [0.1, 0.15) is 0 Å². The SMILES string of the molecule is C=N/C=C\C(CCC)CCN. The number of hydrogen-bond acceptors (Lipinski definition) is 2. The molecule has 0 aromatic carbocycles. The van der Waals surface area contributed by atoms with Crippen molar-refractivity contribution < 1.29 is 0 Å². The first-order valence-electron chi connectivity index (χ1n) is 4.17. The second-order valence-corrected chi connectivity index (χ2v) is 2.65. The van der Waals surface area contributed by atoms with E-state index < -0.39 is 0 Å². The summed E-state index contributed by atoms with van der Waals surface area (Å²) in [4.78, 5) is 3.67. The third-order valence-electron chi connectivity index (χ3n) is 1.66. The molecular weight excluding hydrogens is 136 g/mol. The zero-order valence-corrected chi connectivity index (χ0v) is 7.29. The molecule has 0 aliphatic heterocycles. The number of rotatable bonds is 6. The molecule has 0 rings (SSSR count). The molecule has 0 amide bonds. The van der Waals surface area contributed by atoms with Crippen LogP contribution in [0.5, 0.6) is 0 Å². The molecule has 0 aromatic rings. The van der Waals surface area contributed by atoms with Gasteiger partial charge in [-0.3, -0.25) is 4.99 Å². The van der Waals surface area contributed by atoms with Crippen LogP contribution in [0.4, 0.5) is 0 Å². The molecule has 64 valence electrons. The number of hydrogen-bond donors (Lipinski definition) is 1. The molecule has 1 atom stereocenters. The van der Waals surface area contributed by atoms with Crippen LogP contribution in [0.3, 0.4) is 0 Å². The lowest BCUT2D eigenvalue weighted by atomic mass is 10.0. The van der Waals surface area contributed by atoms with E-state index in [4.69, 9.17) is 5.73 Å². The summed E-state index contributed by atoms with van der Waals surface area (Å²) in [5.74, 6) is 0.593. The highest BCUT2D eigenvalue weighted by atomic mass is 14.6. The quantitative estimate of drug-likeness (QED) is 0.583. The van der Waals surface area contributed by atoms with Gasteiger partial charge in [0.15, 0.2) is 0 Å². The number of allylic oxidation sites excluding steroid dienone is 1. The van der Waals surface area contributed by atoms with Crippen LogP contribution in [-0.2, 0) is 0 Å². The van der Waals surface area contributed by atoms with E-state index in [1.807, 2.05) is 0 Å². The van der Waals surface area contributed by atoms with Crippen molar-refractivity contribution in [2.24, 2.45) is 16.6 Å². The Bertz CT molecular complexity index is 113. The van der Waals surface area contributed by atoms with Gasteiger partial charge in [0.05, 0.1) is 0 Å². The van der Waals surface area contributed by atoms with Gasteiger partial charge in [0.25, 0.3) is 0 Å².